The third-order valence-corrected chi connectivity index (χ3v) is 4.91. The van der Waals surface area contributed by atoms with Crippen LogP contribution in [-0.4, -0.2) is 42.8 Å². The zero-order valence-corrected chi connectivity index (χ0v) is 16.2. The Morgan fingerprint density at radius 3 is 2.66 bits per heavy atom. The van der Waals surface area contributed by atoms with Gasteiger partial charge in [0.25, 0.3) is 0 Å². The smallest absolute Gasteiger partial charge is 0.244 e. The van der Waals surface area contributed by atoms with E-state index in [9.17, 15) is 23.2 Å². The summed E-state index contributed by atoms with van der Waals surface area (Å²) in [6, 6.07) is 9.58. The van der Waals surface area contributed by atoms with E-state index in [4.69, 9.17) is 11.6 Å². The van der Waals surface area contributed by atoms with Crippen molar-refractivity contribution < 1.29 is 23.2 Å². The number of nitrogens with zero attached hydrogens (tertiary/aromatic N) is 2. The first kappa shape index (κ1) is 20.7. The molecule has 0 bridgehead atoms. The molecule has 1 heterocycles. The maximum atomic E-state index is 14.0. The number of nitrogens with one attached hydrogen (secondary N) is 1. The molecule has 1 N–H and O–H groups in total. The number of para-hydroxylation sites is 1. The number of likely N-dealkylation sites (N-methyl/N-ethyl adjacent to an activating group) is 1. The van der Waals surface area contributed by atoms with Crippen LogP contribution in [0, 0.1) is 17.6 Å². The number of carbonyl (C=O) groups is 3. The van der Waals surface area contributed by atoms with Gasteiger partial charge in [0, 0.05) is 26.1 Å². The van der Waals surface area contributed by atoms with Gasteiger partial charge in [0.2, 0.25) is 17.7 Å². The Balaban J connectivity index is 1.62. The molecule has 0 spiro atoms. The molecule has 1 saturated heterocycles. The van der Waals surface area contributed by atoms with Gasteiger partial charge in [0.1, 0.15) is 11.6 Å². The van der Waals surface area contributed by atoms with Gasteiger partial charge < -0.3 is 15.1 Å². The number of halogens is 3. The Morgan fingerprint density at radius 2 is 1.97 bits per heavy atom. The van der Waals surface area contributed by atoms with Crippen LogP contribution in [0.2, 0.25) is 5.02 Å². The number of rotatable bonds is 5. The molecule has 2 aromatic carbocycles. The predicted molar refractivity (Wildman–Crippen MR) is 105 cm³/mol. The monoisotopic (exact) mass is 421 g/mol. The average molecular weight is 422 g/mol. The van der Waals surface area contributed by atoms with E-state index in [1.807, 2.05) is 0 Å². The van der Waals surface area contributed by atoms with Crippen LogP contribution in [0.5, 0.6) is 0 Å². The molecular formula is C20H18ClF2N3O3. The van der Waals surface area contributed by atoms with E-state index in [-0.39, 0.29) is 25.2 Å². The van der Waals surface area contributed by atoms with Crippen LogP contribution in [0.4, 0.5) is 20.2 Å². The van der Waals surface area contributed by atoms with E-state index < -0.39 is 35.3 Å². The van der Waals surface area contributed by atoms with Crippen LogP contribution in [0.15, 0.2) is 42.5 Å². The summed E-state index contributed by atoms with van der Waals surface area (Å²) >= 11 is 5.99. The number of benzene rings is 2. The van der Waals surface area contributed by atoms with Gasteiger partial charge in [-0.25, -0.2) is 8.78 Å². The summed E-state index contributed by atoms with van der Waals surface area (Å²) in [5.74, 6) is -3.67. The number of hydrogen-bond acceptors (Lipinski definition) is 3. The van der Waals surface area contributed by atoms with Gasteiger partial charge >= 0.3 is 0 Å². The lowest BCUT2D eigenvalue weighted by atomic mass is 10.1. The van der Waals surface area contributed by atoms with Gasteiger partial charge in [-0.05, 0) is 24.3 Å². The van der Waals surface area contributed by atoms with Gasteiger partial charge in [-0.2, -0.15) is 0 Å². The molecule has 3 amide bonds. The number of anilines is 2. The summed E-state index contributed by atoms with van der Waals surface area (Å²) in [7, 11) is 1.44. The Labute approximate surface area is 171 Å². The quantitative estimate of drug-likeness (QED) is 0.806. The zero-order valence-electron chi connectivity index (χ0n) is 15.5. The molecule has 0 saturated carbocycles. The molecule has 1 fully saturated rings. The number of carbonyl (C=O) groups excluding carboxylic acids is 3. The standard InChI is InChI=1S/C20H18ClF2N3O3/c1-25(11-18(27)24-16-5-3-2-4-14(16)21)20(29)12-8-19(28)26(10-12)17-7-6-13(22)9-15(17)23/h2-7,9,12H,8,10-11H2,1H3,(H,24,27). The van der Waals surface area contributed by atoms with Crippen LogP contribution in [0.1, 0.15) is 6.42 Å². The zero-order chi connectivity index (χ0) is 21.1. The van der Waals surface area contributed by atoms with E-state index in [1.165, 1.54) is 11.9 Å². The number of hydrogen-bond donors (Lipinski definition) is 1. The third-order valence-electron chi connectivity index (χ3n) is 4.58. The van der Waals surface area contributed by atoms with Gasteiger partial charge in [-0.15, -0.1) is 0 Å². The van der Waals surface area contributed by atoms with Gasteiger partial charge in [-0.3, -0.25) is 14.4 Å². The Kier molecular flexibility index (Phi) is 6.12. The van der Waals surface area contributed by atoms with Crippen molar-refractivity contribution in [1.29, 1.82) is 0 Å². The fraction of sp³-hybridized carbons (Fsp3) is 0.250. The van der Waals surface area contributed by atoms with E-state index >= 15 is 0 Å². The van der Waals surface area contributed by atoms with Crippen LogP contribution in [-0.2, 0) is 14.4 Å². The minimum absolute atomic E-state index is 0.0449. The van der Waals surface area contributed by atoms with Crippen molar-refractivity contribution in [3.05, 3.63) is 59.1 Å². The second-order valence-electron chi connectivity index (χ2n) is 6.72. The summed E-state index contributed by atoms with van der Waals surface area (Å²) in [5.41, 5.74) is 0.347. The highest BCUT2D eigenvalue weighted by Crippen LogP contribution is 2.28. The Morgan fingerprint density at radius 1 is 1.24 bits per heavy atom. The molecule has 3 rings (SSSR count). The maximum absolute atomic E-state index is 14.0. The molecule has 0 aromatic heterocycles. The molecule has 0 aliphatic carbocycles. The first-order chi connectivity index (χ1) is 13.8. The lowest BCUT2D eigenvalue weighted by Crippen LogP contribution is -2.39. The first-order valence-electron chi connectivity index (χ1n) is 8.81. The average Bonchev–Trinajstić information content (AvgIpc) is 3.04. The first-order valence-corrected chi connectivity index (χ1v) is 9.19. The molecule has 9 heteroatoms. The summed E-state index contributed by atoms with van der Waals surface area (Å²) in [6.45, 7) is -0.281. The molecule has 1 atom stereocenters. The van der Waals surface area contributed by atoms with Crippen LogP contribution in [0.25, 0.3) is 0 Å². The number of amides is 3. The van der Waals surface area contributed by atoms with Crippen molar-refractivity contribution in [3.8, 4) is 0 Å². The lowest BCUT2D eigenvalue weighted by molar-refractivity contribution is -0.137. The topological polar surface area (TPSA) is 69.7 Å². The molecule has 1 aliphatic heterocycles. The molecule has 2 aromatic rings. The van der Waals surface area contributed by atoms with E-state index in [0.29, 0.717) is 16.8 Å². The van der Waals surface area contributed by atoms with E-state index in [0.717, 1.165) is 17.0 Å². The summed E-state index contributed by atoms with van der Waals surface area (Å²) in [4.78, 5) is 39.4. The Hall–Kier alpha value is -3.00. The summed E-state index contributed by atoms with van der Waals surface area (Å²) in [6.07, 6.45) is -0.119. The van der Waals surface area contributed by atoms with Crippen LogP contribution in [0.3, 0.4) is 0 Å². The van der Waals surface area contributed by atoms with Crippen molar-refractivity contribution in [1.82, 2.24) is 4.90 Å². The second kappa shape index (κ2) is 8.57. The van der Waals surface area contributed by atoms with E-state index in [1.54, 1.807) is 24.3 Å². The summed E-state index contributed by atoms with van der Waals surface area (Å²) in [5, 5.41) is 2.98. The minimum Gasteiger partial charge on any atom is -0.336 e. The van der Waals surface area contributed by atoms with Crippen molar-refractivity contribution in [2.45, 2.75) is 6.42 Å². The highest BCUT2D eigenvalue weighted by Gasteiger charge is 2.37. The van der Waals surface area contributed by atoms with Gasteiger partial charge in [-0.1, -0.05) is 23.7 Å². The minimum atomic E-state index is -0.876. The van der Waals surface area contributed by atoms with Crippen LogP contribution >= 0.6 is 11.6 Å². The second-order valence-corrected chi connectivity index (χ2v) is 7.13. The largest absolute Gasteiger partial charge is 0.336 e. The molecule has 1 unspecified atom stereocenters. The molecule has 0 radical (unpaired) electrons. The molecule has 6 nitrogen and oxygen atoms in total. The normalized spacial score (nSPS) is 16.1. The SMILES string of the molecule is CN(CC(=O)Nc1ccccc1Cl)C(=O)C1CC(=O)N(c2ccc(F)cc2F)C1. The molecule has 1 aliphatic rings. The van der Waals surface area contributed by atoms with Gasteiger partial charge in [0.15, 0.2) is 0 Å². The molecular weight excluding hydrogens is 404 g/mol. The van der Waals surface area contributed by atoms with E-state index in [2.05, 4.69) is 5.32 Å². The van der Waals surface area contributed by atoms with Crippen molar-refractivity contribution in [2.75, 3.05) is 30.4 Å². The fourth-order valence-corrected chi connectivity index (χ4v) is 3.35. The highest BCUT2D eigenvalue weighted by molar-refractivity contribution is 6.33. The van der Waals surface area contributed by atoms with Crippen molar-refractivity contribution in [3.63, 3.8) is 0 Å². The van der Waals surface area contributed by atoms with Crippen molar-refractivity contribution >= 4 is 40.7 Å². The highest BCUT2D eigenvalue weighted by atomic mass is 35.5. The van der Waals surface area contributed by atoms with Crippen LogP contribution < -0.4 is 10.2 Å². The predicted octanol–water partition coefficient (Wildman–Crippen LogP) is 3.07. The molecule has 152 valence electrons. The maximum Gasteiger partial charge on any atom is 0.244 e. The Bertz CT molecular complexity index is 970. The van der Waals surface area contributed by atoms with Crippen molar-refractivity contribution in [2.24, 2.45) is 5.92 Å². The third kappa shape index (κ3) is 4.71. The van der Waals surface area contributed by atoms with Gasteiger partial charge in [0.05, 0.1) is 28.9 Å². The summed E-state index contributed by atoms with van der Waals surface area (Å²) < 4.78 is 27.1. The lowest BCUT2D eigenvalue weighted by Gasteiger charge is -2.21. The fourth-order valence-electron chi connectivity index (χ4n) is 3.16. The molecule has 29 heavy (non-hydrogen) atoms.